The molecule has 0 aromatic carbocycles. The third-order valence-corrected chi connectivity index (χ3v) is 4.33. The highest BCUT2D eigenvalue weighted by Gasteiger charge is 2.47. The Balaban J connectivity index is 1.92. The molecule has 0 aromatic rings. The number of hydrogen-bond donors (Lipinski definition) is 1. The van der Waals surface area contributed by atoms with Crippen LogP contribution in [0.15, 0.2) is 0 Å². The summed E-state index contributed by atoms with van der Waals surface area (Å²) in [6, 6.07) is 0. The lowest BCUT2D eigenvalue weighted by Crippen LogP contribution is -2.47. The molecule has 1 N–H and O–H groups in total. The molecule has 94 valence electrons. The lowest BCUT2D eigenvalue weighted by atomic mass is 9.73. The molecule has 1 aliphatic heterocycles. The predicted molar refractivity (Wildman–Crippen MR) is 62.1 cm³/mol. The Bertz CT molecular complexity index is 223. The molecular formula is C13H24O3. The van der Waals surface area contributed by atoms with E-state index >= 15 is 0 Å². The molecule has 2 rings (SSSR count). The maximum absolute atomic E-state index is 10.6. The van der Waals surface area contributed by atoms with Crippen molar-refractivity contribution in [1.29, 1.82) is 0 Å². The van der Waals surface area contributed by atoms with Gasteiger partial charge in [-0.1, -0.05) is 20.3 Å². The fourth-order valence-electron chi connectivity index (χ4n) is 3.04. The zero-order valence-corrected chi connectivity index (χ0v) is 10.5. The molecule has 1 spiro atoms. The van der Waals surface area contributed by atoms with Gasteiger partial charge in [-0.2, -0.15) is 0 Å². The van der Waals surface area contributed by atoms with E-state index in [0.717, 1.165) is 38.5 Å². The van der Waals surface area contributed by atoms with Crippen LogP contribution in [0.4, 0.5) is 0 Å². The molecule has 0 radical (unpaired) electrons. The Hall–Kier alpha value is -0.120. The van der Waals surface area contributed by atoms with E-state index in [1.807, 2.05) is 0 Å². The van der Waals surface area contributed by atoms with Crippen LogP contribution in [-0.4, -0.2) is 29.7 Å². The monoisotopic (exact) mass is 228 g/mol. The fraction of sp³-hybridized carbons (Fsp3) is 1.00. The van der Waals surface area contributed by atoms with Gasteiger partial charge in [0.1, 0.15) is 0 Å². The van der Waals surface area contributed by atoms with Crippen LogP contribution in [0.2, 0.25) is 0 Å². The standard InChI is InChI=1S/C13H24O3/c1-3-4-11(2)12(14)5-7-13(8-6-12)15-9-10-16-13/h11,14H,3-10H2,1-2H3. The molecule has 2 fully saturated rings. The summed E-state index contributed by atoms with van der Waals surface area (Å²) in [6.07, 6.45) is 5.56. The van der Waals surface area contributed by atoms with Gasteiger partial charge in [0.2, 0.25) is 0 Å². The molecule has 0 amide bonds. The van der Waals surface area contributed by atoms with Gasteiger partial charge in [-0.25, -0.2) is 0 Å². The van der Waals surface area contributed by atoms with Crippen molar-refractivity contribution in [3.05, 3.63) is 0 Å². The van der Waals surface area contributed by atoms with Crippen molar-refractivity contribution in [2.24, 2.45) is 5.92 Å². The second-order valence-corrected chi connectivity index (χ2v) is 5.40. The lowest BCUT2D eigenvalue weighted by Gasteiger charge is -2.43. The van der Waals surface area contributed by atoms with Crippen molar-refractivity contribution in [3.8, 4) is 0 Å². The van der Waals surface area contributed by atoms with Gasteiger partial charge in [-0.15, -0.1) is 0 Å². The summed E-state index contributed by atoms with van der Waals surface area (Å²) < 4.78 is 11.4. The Labute approximate surface area is 98.1 Å². The molecule has 3 heteroatoms. The molecule has 3 nitrogen and oxygen atoms in total. The van der Waals surface area contributed by atoms with E-state index in [4.69, 9.17) is 9.47 Å². The van der Waals surface area contributed by atoms with Gasteiger partial charge in [0.05, 0.1) is 18.8 Å². The quantitative estimate of drug-likeness (QED) is 0.806. The highest BCUT2D eigenvalue weighted by molar-refractivity contribution is 4.93. The van der Waals surface area contributed by atoms with E-state index in [9.17, 15) is 5.11 Å². The maximum atomic E-state index is 10.6. The van der Waals surface area contributed by atoms with E-state index in [1.165, 1.54) is 0 Å². The molecule has 1 saturated heterocycles. The van der Waals surface area contributed by atoms with Crippen molar-refractivity contribution >= 4 is 0 Å². The average Bonchev–Trinajstić information content (AvgIpc) is 2.73. The minimum absolute atomic E-state index is 0.349. The summed E-state index contributed by atoms with van der Waals surface area (Å²) in [5.74, 6) is 0.0364. The topological polar surface area (TPSA) is 38.7 Å². The van der Waals surface area contributed by atoms with E-state index < -0.39 is 5.60 Å². The van der Waals surface area contributed by atoms with Crippen LogP contribution in [0.3, 0.4) is 0 Å². The first kappa shape index (κ1) is 12.3. The highest BCUT2D eigenvalue weighted by atomic mass is 16.7. The van der Waals surface area contributed by atoms with Gasteiger partial charge in [-0.3, -0.25) is 0 Å². The first-order chi connectivity index (χ1) is 7.60. The van der Waals surface area contributed by atoms with Gasteiger partial charge < -0.3 is 14.6 Å². The van der Waals surface area contributed by atoms with Gasteiger partial charge in [0.15, 0.2) is 5.79 Å². The van der Waals surface area contributed by atoms with Gasteiger partial charge in [-0.05, 0) is 25.2 Å². The Kier molecular flexibility index (Phi) is 3.57. The minimum atomic E-state index is -0.490. The molecule has 1 unspecified atom stereocenters. The highest BCUT2D eigenvalue weighted by Crippen LogP contribution is 2.44. The van der Waals surface area contributed by atoms with E-state index in [2.05, 4.69) is 13.8 Å². The first-order valence-electron chi connectivity index (χ1n) is 6.60. The van der Waals surface area contributed by atoms with Crippen LogP contribution in [0, 0.1) is 5.92 Å². The minimum Gasteiger partial charge on any atom is -0.390 e. The van der Waals surface area contributed by atoms with Crippen LogP contribution in [0.25, 0.3) is 0 Å². The van der Waals surface area contributed by atoms with Crippen molar-refractivity contribution in [3.63, 3.8) is 0 Å². The SMILES string of the molecule is CCCC(C)C1(O)CCC2(CC1)OCCO2. The van der Waals surface area contributed by atoms with Gasteiger partial charge in [0, 0.05) is 12.8 Å². The van der Waals surface area contributed by atoms with Gasteiger partial charge in [0.25, 0.3) is 0 Å². The molecule has 1 saturated carbocycles. The Morgan fingerprint density at radius 3 is 2.19 bits per heavy atom. The molecule has 0 aromatic heterocycles. The van der Waals surface area contributed by atoms with E-state index in [0.29, 0.717) is 19.1 Å². The molecule has 1 aliphatic carbocycles. The van der Waals surface area contributed by atoms with Crippen LogP contribution >= 0.6 is 0 Å². The normalized spacial score (nSPS) is 29.4. The number of rotatable bonds is 3. The molecule has 0 bridgehead atoms. The molecular weight excluding hydrogens is 204 g/mol. The van der Waals surface area contributed by atoms with Crippen LogP contribution in [0.1, 0.15) is 52.4 Å². The van der Waals surface area contributed by atoms with Crippen LogP contribution < -0.4 is 0 Å². The summed E-state index contributed by atoms with van der Waals surface area (Å²) in [5.41, 5.74) is -0.490. The second kappa shape index (κ2) is 4.63. The summed E-state index contributed by atoms with van der Waals surface area (Å²) >= 11 is 0. The third-order valence-electron chi connectivity index (χ3n) is 4.33. The van der Waals surface area contributed by atoms with Crippen molar-refractivity contribution < 1.29 is 14.6 Å². The maximum Gasteiger partial charge on any atom is 0.168 e. The summed E-state index contributed by atoms with van der Waals surface area (Å²) in [5, 5.41) is 10.6. The van der Waals surface area contributed by atoms with E-state index in [-0.39, 0.29) is 5.79 Å². The summed E-state index contributed by atoms with van der Waals surface area (Å²) in [4.78, 5) is 0. The predicted octanol–water partition coefficient (Wildman–Crippen LogP) is 2.47. The fourth-order valence-corrected chi connectivity index (χ4v) is 3.04. The largest absolute Gasteiger partial charge is 0.390 e. The molecule has 1 atom stereocenters. The zero-order chi connectivity index (χ0) is 11.6. The van der Waals surface area contributed by atoms with E-state index in [1.54, 1.807) is 0 Å². The number of aliphatic hydroxyl groups is 1. The lowest BCUT2D eigenvalue weighted by molar-refractivity contribution is -0.209. The van der Waals surface area contributed by atoms with Crippen LogP contribution in [0.5, 0.6) is 0 Å². The molecule has 2 aliphatic rings. The second-order valence-electron chi connectivity index (χ2n) is 5.40. The van der Waals surface area contributed by atoms with Gasteiger partial charge >= 0.3 is 0 Å². The van der Waals surface area contributed by atoms with Crippen molar-refractivity contribution in [1.82, 2.24) is 0 Å². The first-order valence-corrected chi connectivity index (χ1v) is 6.60. The Morgan fingerprint density at radius 2 is 1.69 bits per heavy atom. The summed E-state index contributed by atoms with van der Waals surface area (Å²) in [6.45, 7) is 5.76. The zero-order valence-electron chi connectivity index (χ0n) is 10.5. The molecule has 1 heterocycles. The number of ether oxygens (including phenoxy) is 2. The summed E-state index contributed by atoms with van der Waals surface area (Å²) in [7, 11) is 0. The smallest absolute Gasteiger partial charge is 0.168 e. The third kappa shape index (κ3) is 2.27. The molecule has 16 heavy (non-hydrogen) atoms. The van der Waals surface area contributed by atoms with Crippen molar-refractivity contribution in [2.45, 2.75) is 63.8 Å². The Morgan fingerprint density at radius 1 is 1.12 bits per heavy atom. The van der Waals surface area contributed by atoms with Crippen LogP contribution in [-0.2, 0) is 9.47 Å². The average molecular weight is 228 g/mol. The van der Waals surface area contributed by atoms with Crippen molar-refractivity contribution in [2.75, 3.05) is 13.2 Å². The number of hydrogen-bond acceptors (Lipinski definition) is 3.